The number of rotatable bonds is 2. The van der Waals surface area contributed by atoms with Gasteiger partial charge in [0.15, 0.2) is 11.6 Å². The Labute approximate surface area is 83.1 Å². The Kier molecular flexibility index (Phi) is 2.99. The molecule has 1 rings (SSSR count). The summed E-state index contributed by atoms with van der Waals surface area (Å²) in [6.07, 6.45) is 0. The van der Waals surface area contributed by atoms with Gasteiger partial charge in [0, 0.05) is 0 Å². The zero-order chi connectivity index (χ0) is 11.6. The van der Waals surface area contributed by atoms with E-state index in [1.54, 1.807) is 0 Å². The molecule has 15 heavy (non-hydrogen) atoms. The Morgan fingerprint density at radius 2 is 1.93 bits per heavy atom. The smallest absolute Gasteiger partial charge is 0.338 e. The predicted molar refractivity (Wildman–Crippen MR) is 44.7 cm³/mol. The van der Waals surface area contributed by atoms with Crippen molar-refractivity contribution in [2.45, 2.75) is 0 Å². The van der Waals surface area contributed by atoms with Crippen LogP contribution in [0.15, 0.2) is 12.1 Å². The molecule has 0 spiro atoms. The van der Waals surface area contributed by atoms with Crippen molar-refractivity contribution in [3.05, 3.63) is 34.9 Å². The van der Waals surface area contributed by atoms with Crippen molar-refractivity contribution in [3.63, 3.8) is 0 Å². The molecule has 1 N–H and O–H groups in total. The summed E-state index contributed by atoms with van der Waals surface area (Å²) in [5, 5.41) is 8.51. The van der Waals surface area contributed by atoms with Crippen LogP contribution in [-0.4, -0.2) is 24.2 Å². The molecule has 0 aliphatic rings. The topological polar surface area (TPSA) is 63.6 Å². The third-order valence-electron chi connectivity index (χ3n) is 1.68. The van der Waals surface area contributed by atoms with Crippen LogP contribution in [0.3, 0.4) is 0 Å². The van der Waals surface area contributed by atoms with E-state index >= 15 is 0 Å². The molecule has 6 heteroatoms. The molecular weight excluding hydrogens is 210 g/mol. The highest BCUT2D eigenvalue weighted by Gasteiger charge is 2.19. The van der Waals surface area contributed by atoms with Gasteiger partial charge in [0.05, 0.1) is 18.2 Å². The third-order valence-corrected chi connectivity index (χ3v) is 1.68. The second kappa shape index (κ2) is 4.04. The molecule has 0 amide bonds. The fraction of sp³-hybridized carbons (Fsp3) is 0.111. The van der Waals surface area contributed by atoms with Crippen molar-refractivity contribution in [3.8, 4) is 0 Å². The lowest BCUT2D eigenvalue weighted by molar-refractivity contribution is 0.0600. The van der Waals surface area contributed by atoms with Crippen LogP contribution in [0, 0.1) is 11.6 Å². The molecule has 0 unspecified atom stereocenters. The highest BCUT2D eigenvalue weighted by molar-refractivity contribution is 5.94. The van der Waals surface area contributed by atoms with Crippen LogP contribution in [0.4, 0.5) is 8.78 Å². The van der Waals surface area contributed by atoms with Gasteiger partial charge in [-0.15, -0.1) is 0 Å². The second-order valence-electron chi connectivity index (χ2n) is 2.62. The molecule has 1 aromatic carbocycles. The summed E-state index contributed by atoms with van der Waals surface area (Å²) >= 11 is 0. The highest BCUT2D eigenvalue weighted by atomic mass is 19.2. The Morgan fingerprint density at radius 3 is 2.40 bits per heavy atom. The summed E-state index contributed by atoms with van der Waals surface area (Å²) in [7, 11) is 1.05. The lowest BCUT2D eigenvalue weighted by Gasteiger charge is -2.03. The summed E-state index contributed by atoms with van der Waals surface area (Å²) < 4.78 is 30.0. The van der Waals surface area contributed by atoms with Crippen LogP contribution >= 0.6 is 0 Å². The summed E-state index contributed by atoms with van der Waals surface area (Å²) in [6, 6.07) is 1.29. The number of ether oxygens (including phenoxy) is 1. The maximum absolute atomic E-state index is 12.9. The number of carbonyl (C=O) groups is 2. The van der Waals surface area contributed by atoms with E-state index in [4.69, 9.17) is 5.11 Å². The van der Waals surface area contributed by atoms with E-state index in [9.17, 15) is 18.4 Å². The highest BCUT2D eigenvalue weighted by Crippen LogP contribution is 2.15. The molecule has 80 valence electrons. The first-order chi connectivity index (χ1) is 6.97. The Hall–Kier alpha value is -1.98. The number of carboxylic acid groups (broad SMARTS) is 1. The molecule has 1 aromatic rings. The summed E-state index contributed by atoms with van der Waals surface area (Å²) in [5.74, 6) is -5.50. The maximum Gasteiger partial charge on any atom is 0.338 e. The number of benzene rings is 1. The van der Waals surface area contributed by atoms with Crippen molar-refractivity contribution in [1.29, 1.82) is 0 Å². The first kappa shape index (κ1) is 11.1. The van der Waals surface area contributed by atoms with Gasteiger partial charge in [0.2, 0.25) is 0 Å². The SMILES string of the molecule is COC(=O)c1cc(F)c(F)c(C(=O)O)c1. The zero-order valence-electron chi connectivity index (χ0n) is 7.58. The molecule has 0 radical (unpaired) electrons. The quantitative estimate of drug-likeness (QED) is 0.760. The predicted octanol–water partition coefficient (Wildman–Crippen LogP) is 1.45. The summed E-state index contributed by atoms with van der Waals surface area (Å²) in [4.78, 5) is 21.4. The molecule has 4 nitrogen and oxygen atoms in total. The molecule has 0 heterocycles. The minimum Gasteiger partial charge on any atom is -0.478 e. The number of carbonyl (C=O) groups excluding carboxylic acids is 1. The average molecular weight is 216 g/mol. The number of halogens is 2. The van der Waals surface area contributed by atoms with Crippen molar-refractivity contribution < 1.29 is 28.2 Å². The third kappa shape index (κ3) is 2.09. The second-order valence-corrected chi connectivity index (χ2v) is 2.62. The fourth-order valence-corrected chi connectivity index (χ4v) is 0.980. The van der Waals surface area contributed by atoms with Gasteiger partial charge in [0.25, 0.3) is 0 Å². The minimum absolute atomic E-state index is 0.353. The van der Waals surface area contributed by atoms with Gasteiger partial charge in [-0.25, -0.2) is 18.4 Å². The van der Waals surface area contributed by atoms with Crippen LogP contribution < -0.4 is 0 Å². The molecule has 0 aliphatic carbocycles. The average Bonchev–Trinajstić information content (AvgIpc) is 2.20. The van der Waals surface area contributed by atoms with Crippen LogP contribution in [-0.2, 0) is 4.74 Å². The van der Waals surface area contributed by atoms with Crippen molar-refractivity contribution in [2.24, 2.45) is 0 Å². The monoisotopic (exact) mass is 216 g/mol. The molecule has 0 atom stereocenters. The number of aromatic carboxylic acids is 1. The number of carboxylic acids is 1. The Morgan fingerprint density at radius 1 is 1.33 bits per heavy atom. The van der Waals surface area contributed by atoms with Gasteiger partial charge in [-0.3, -0.25) is 0 Å². The number of esters is 1. The molecule has 0 fully saturated rings. The van der Waals surface area contributed by atoms with E-state index in [1.807, 2.05) is 0 Å². The molecule has 0 bridgehead atoms. The van der Waals surface area contributed by atoms with Gasteiger partial charge in [-0.1, -0.05) is 0 Å². The molecule has 0 saturated heterocycles. The zero-order valence-corrected chi connectivity index (χ0v) is 7.58. The molecular formula is C9H6F2O4. The van der Waals surface area contributed by atoms with E-state index in [1.165, 1.54) is 0 Å². The van der Waals surface area contributed by atoms with Crippen LogP contribution in [0.2, 0.25) is 0 Å². The van der Waals surface area contributed by atoms with E-state index in [-0.39, 0.29) is 5.56 Å². The van der Waals surface area contributed by atoms with Crippen LogP contribution in [0.25, 0.3) is 0 Å². The van der Waals surface area contributed by atoms with Gasteiger partial charge < -0.3 is 9.84 Å². The first-order valence-corrected chi connectivity index (χ1v) is 3.78. The first-order valence-electron chi connectivity index (χ1n) is 3.78. The minimum atomic E-state index is -1.66. The molecule has 0 aromatic heterocycles. The van der Waals surface area contributed by atoms with E-state index in [0.29, 0.717) is 12.1 Å². The normalized spacial score (nSPS) is 9.80. The number of hydrogen-bond donors (Lipinski definition) is 1. The largest absolute Gasteiger partial charge is 0.478 e. The lowest BCUT2D eigenvalue weighted by atomic mass is 10.1. The fourth-order valence-electron chi connectivity index (χ4n) is 0.980. The number of methoxy groups -OCH3 is 1. The van der Waals surface area contributed by atoms with Gasteiger partial charge in [-0.05, 0) is 12.1 Å². The van der Waals surface area contributed by atoms with Gasteiger partial charge >= 0.3 is 11.9 Å². The van der Waals surface area contributed by atoms with Gasteiger partial charge in [-0.2, -0.15) is 0 Å². The van der Waals surface area contributed by atoms with E-state index in [2.05, 4.69) is 4.74 Å². The number of hydrogen-bond acceptors (Lipinski definition) is 3. The van der Waals surface area contributed by atoms with Crippen molar-refractivity contribution in [1.82, 2.24) is 0 Å². The Balaban J connectivity index is 3.35. The summed E-state index contributed by atoms with van der Waals surface area (Å²) in [5.41, 5.74) is -1.26. The van der Waals surface area contributed by atoms with Gasteiger partial charge in [0.1, 0.15) is 0 Å². The van der Waals surface area contributed by atoms with Crippen LogP contribution in [0.5, 0.6) is 0 Å². The van der Waals surface area contributed by atoms with Crippen molar-refractivity contribution >= 4 is 11.9 Å². The standard InChI is InChI=1S/C9H6F2O4/c1-15-9(14)4-2-5(8(12)13)7(11)6(10)3-4/h2-3H,1H3,(H,12,13). The lowest BCUT2D eigenvalue weighted by Crippen LogP contribution is -2.08. The molecule has 0 aliphatic heterocycles. The van der Waals surface area contributed by atoms with Crippen molar-refractivity contribution in [2.75, 3.05) is 7.11 Å². The van der Waals surface area contributed by atoms with E-state index < -0.39 is 29.1 Å². The van der Waals surface area contributed by atoms with E-state index in [0.717, 1.165) is 7.11 Å². The molecule has 0 saturated carbocycles. The Bertz CT molecular complexity index is 428. The maximum atomic E-state index is 12.9. The summed E-state index contributed by atoms with van der Waals surface area (Å²) in [6.45, 7) is 0. The van der Waals surface area contributed by atoms with Crippen LogP contribution in [0.1, 0.15) is 20.7 Å².